The van der Waals surface area contributed by atoms with Gasteiger partial charge in [-0.3, -0.25) is 0 Å². The predicted molar refractivity (Wildman–Crippen MR) is 159 cm³/mol. The van der Waals surface area contributed by atoms with Gasteiger partial charge in [-0.15, -0.1) is 0 Å². The van der Waals surface area contributed by atoms with Gasteiger partial charge in [-0.05, 0) is 58.4 Å². The zero-order valence-corrected chi connectivity index (χ0v) is 23.0. The Bertz CT molecular complexity index is 1970. The van der Waals surface area contributed by atoms with Crippen LogP contribution in [0.5, 0.6) is 0 Å². The summed E-state index contributed by atoms with van der Waals surface area (Å²) in [4.78, 5) is 0. The SMILES string of the molecule is [2H]c1cccc(-c2c(C)ccc3c2oc2c(-c4ccc(-c5cccc(C(C)(C)C)c5)cc4)c(C#N)ccc23)[n+]1C. The Morgan fingerprint density at radius 2 is 1.46 bits per heavy atom. The molecule has 0 aliphatic carbocycles. The lowest BCUT2D eigenvalue weighted by molar-refractivity contribution is -0.660. The maximum Gasteiger partial charge on any atom is 0.216 e. The fourth-order valence-corrected chi connectivity index (χ4v) is 5.42. The molecule has 0 saturated carbocycles. The number of furan rings is 1. The first-order valence-electron chi connectivity index (χ1n) is 13.7. The van der Waals surface area contributed by atoms with Crippen molar-refractivity contribution in [1.29, 1.82) is 5.26 Å². The standard InChI is InChI=1S/C36H31N2O/c1-23-12-18-29-30-19-17-27(22-37)33(35(30)39-34(29)32(23)31-11-6-7-20-38(31)5)25-15-13-24(14-16-25)26-9-8-10-28(21-26)36(2,3)4/h6-21H,1-5H3/q+1/i20D. The van der Waals surface area contributed by atoms with Crippen LogP contribution in [0.1, 0.15) is 38.8 Å². The minimum Gasteiger partial charge on any atom is -0.454 e. The summed E-state index contributed by atoms with van der Waals surface area (Å²) in [5, 5.41) is 12.0. The molecule has 0 saturated heterocycles. The highest BCUT2D eigenvalue weighted by Crippen LogP contribution is 2.42. The van der Waals surface area contributed by atoms with E-state index in [1.165, 1.54) is 11.1 Å². The van der Waals surface area contributed by atoms with Crippen LogP contribution in [-0.2, 0) is 12.5 Å². The Hall–Kier alpha value is -4.68. The fraction of sp³-hybridized carbons (Fsp3) is 0.167. The summed E-state index contributed by atoms with van der Waals surface area (Å²) >= 11 is 0. The lowest BCUT2D eigenvalue weighted by Crippen LogP contribution is -2.30. The average Bonchev–Trinajstić information content (AvgIpc) is 3.32. The molecule has 0 aliphatic heterocycles. The lowest BCUT2D eigenvalue weighted by atomic mass is 9.85. The largest absolute Gasteiger partial charge is 0.454 e. The number of rotatable bonds is 3. The number of hydrogen-bond acceptors (Lipinski definition) is 2. The molecule has 0 radical (unpaired) electrons. The zero-order valence-electron chi connectivity index (χ0n) is 24.0. The second-order valence-electron chi connectivity index (χ2n) is 11.2. The minimum atomic E-state index is 0.0742. The van der Waals surface area contributed by atoms with E-state index in [-0.39, 0.29) is 5.41 Å². The summed E-state index contributed by atoms with van der Waals surface area (Å²) in [5.41, 5.74) is 10.4. The van der Waals surface area contributed by atoms with E-state index in [9.17, 15) is 5.26 Å². The molecule has 3 heteroatoms. The first-order valence-corrected chi connectivity index (χ1v) is 13.2. The van der Waals surface area contributed by atoms with Gasteiger partial charge in [0.05, 0.1) is 17.2 Å². The molecule has 0 atom stereocenters. The predicted octanol–water partition coefficient (Wildman–Crippen LogP) is 8.89. The number of fused-ring (bicyclic) bond motifs is 3. The van der Waals surface area contributed by atoms with Crippen LogP contribution in [0.2, 0.25) is 0 Å². The van der Waals surface area contributed by atoms with Crippen LogP contribution < -0.4 is 4.57 Å². The van der Waals surface area contributed by atoms with Crippen LogP contribution in [0.25, 0.3) is 55.4 Å². The molecule has 0 bridgehead atoms. The molecule has 190 valence electrons. The summed E-state index contributed by atoms with van der Waals surface area (Å²) in [6.07, 6.45) is 0.422. The van der Waals surface area contributed by atoms with Crippen LogP contribution in [0.4, 0.5) is 0 Å². The van der Waals surface area contributed by atoms with Crippen LogP contribution in [0.3, 0.4) is 0 Å². The highest BCUT2D eigenvalue weighted by Gasteiger charge is 2.23. The first kappa shape index (κ1) is 23.4. The van der Waals surface area contributed by atoms with E-state index in [2.05, 4.69) is 94.4 Å². The summed E-state index contributed by atoms with van der Waals surface area (Å²) in [6.45, 7) is 8.74. The number of benzene rings is 4. The van der Waals surface area contributed by atoms with Crippen LogP contribution in [-0.4, -0.2) is 0 Å². The van der Waals surface area contributed by atoms with Gasteiger partial charge in [0, 0.05) is 28.5 Å². The van der Waals surface area contributed by atoms with Gasteiger partial charge < -0.3 is 4.42 Å². The number of aryl methyl sites for hydroxylation is 1. The molecular formula is C36H31N2O+. The molecule has 0 spiro atoms. The van der Waals surface area contributed by atoms with E-state index >= 15 is 0 Å². The molecule has 0 N–H and O–H groups in total. The molecule has 6 aromatic rings. The molecule has 6 rings (SSSR count). The van der Waals surface area contributed by atoms with Crippen LogP contribution >= 0.6 is 0 Å². The highest BCUT2D eigenvalue weighted by atomic mass is 16.3. The quantitative estimate of drug-likeness (QED) is 0.224. The number of hydrogen-bond donors (Lipinski definition) is 0. The average molecular weight is 509 g/mol. The summed E-state index contributed by atoms with van der Waals surface area (Å²) in [5.74, 6) is 0. The van der Waals surface area contributed by atoms with Crippen molar-refractivity contribution in [1.82, 2.24) is 0 Å². The topological polar surface area (TPSA) is 40.8 Å². The van der Waals surface area contributed by atoms with E-state index < -0.39 is 0 Å². The zero-order chi connectivity index (χ0) is 28.2. The van der Waals surface area contributed by atoms with Gasteiger partial charge in [-0.1, -0.05) is 81.4 Å². The number of pyridine rings is 1. The third-order valence-electron chi connectivity index (χ3n) is 7.61. The van der Waals surface area contributed by atoms with E-state index in [0.29, 0.717) is 17.3 Å². The summed E-state index contributed by atoms with van der Waals surface area (Å²) < 4.78 is 16.9. The Morgan fingerprint density at radius 3 is 2.18 bits per heavy atom. The van der Waals surface area contributed by atoms with E-state index in [4.69, 9.17) is 5.79 Å². The second kappa shape index (κ2) is 9.26. The van der Waals surface area contributed by atoms with Gasteiger partial charge in [-0.25, -0.2) is 4.57 Å². The fourth-order valence-electron chi connectivity index (χ4n) is 5.42. The van der Waals surface area contributed by atoms with Gasteiger partial charge in [0.2, 0.25) is 5.69 Å². The number of aromatic nitrogens is 1. The first-order chi connectivity index (χ1) is 19.2. The Labute approximate surface area is 231 Å². The Kier molecular flexibility index (Phi) is 5.56. The number of nitrogens with zero attached hydrogens (tertiary/aromatic N) is 2. The van der Waals surface area contributed by atoms with Crippen molar-refractivity contribution >= 4 is 21.9 Å². The van der Waals surface area contributed by atoms with Gasteiger partial charge in [0.15, 0.2) is 6.17 Å². The van der Waals surface area contributed by atoms with Gasteiger partial charge in [0.25, 0.3) is 0 Å². The molecule has 3 nitrogen and oxygen atoms in total. The smallest absolute Gasteiger partial charge is 0.216 e. The Morgan fingerprint density at radius 1 is 0.769 bits per heavy atom. The third kappa shape index (κ3) is 4.19. The summed E-state index contributed by atoms with van der Waals surface area (Å²) in [6, 6.07) is 33.2. The molecule has 0 aliphatic rings. The number of nitriles is 1. The lowest BCUT2D eigenvalue weighted by Gasteiger charge is -2.20. The van der Waals surface area contributed by atoms with Crippen molar-refractivity contribution in [3.05, 3.63) is 114 Å². The van der Waals surface area contributed by atoms with Crippen molar-refractivity contribution in [3.8, 4) is 39.6 Å². The molecule has 2 aromatic heterocycles. The van der Waals surface area contributed by atoms with Gasteiger partial charge >= 0.3 is 0 Å². The Balaban J connectivity index is 1.55. The monoisotopic (exact) mass is 508 g/mol. The molecule has 0 fully saturated rings. The molecule has 2 heterocycles. The van der Waals surface area contributed by atoms with Crippen molar-refractivity contribution in [2.45, 2.75) is 33.1 Å². The minimum absolute atomic E-state index is 0.0742. The maximum absolute atomic E-state index is 10.1. The molecular weight excluding hydrogens is 476 g/mol. The van der Waals surface area contributed by atoms with Crippen molar-refractivity contribution < 1.29 is 10.4 Å². The maximum atomic E-state index is 10.1. The van der Waals surface area contributed by atoms with Crippen LogP contribution in [0.15, 0.2) is 102 Å². The molecule has 39 heavy (non-hydrogen) atoms. The van der Waals surface area contributed by atoms with Gasteiger partial charge in [0.1, 0.15) is 19.6 Å². The van der Waals surface area contributed by atoms with Crippen molar-refractivity contribution in [2.75, 3.05) is 0 Å². The van der Waals surface area contributed by atoms with E-state index in [1.54, 1.807) is 6.07 Å². The normalized spacial score (nSPS) is 12.1. The highest BCUT2D eigenvalue weighted by molar-refractivity contribution is 6.14. The summed E-state index contributed by atoms with van der Waals surface area (Å²) in [7, 11) is 1.90. The molecule has 0 amide bonds. The van der Waals surface area contributed by atoms with E-state index in [1.807, 2.05) is 35.9 Å². The van der Waals surface area contributed by atoms with Crippen molar-refractivity contribution in [2.24, 2.45) is 7.05 Å². The van der Waals surface area contributed by atoms with Gasteiger partial charge in [-0.2, -0.15) is 5.26 Å². The van der Waals surface area contributed by atoms with E-state index in [0.717, 1.165) is 49.9 Å². The van der Waals surface area contributed by atoms with Crippen LogP contribution in [0, 0.1) is 18.3 Å². The molecule has 0 unspecified atom stereocenters. The molecule has 4 aromatic carbocycles. The van der Waals surface area contributed by atoms with Crippen molar-refractivity contribution in [3.63, 3.8) is 0 Å². The third-order valence-corrected chi connectivity index (χ3v) is 7.61. The second-order valence-corrected chi connectivity index (χ2v) is 11.2.